The van der Waals surface area contributed by atoms with E-state index < -0.39 is 18.1 Å². The summed E-state index contributed by atoms with van der Waals surface area (Å²) < 4.78 is 24.4. The number of carboxylic acid groups (broad SMARTS) is 1. The van der Waals surface area contributed by atoms with Crippen LogP contribution in [-0.2, 0) is 0 Å². The number of hydrogen-bond donors (Lipinski definition) is 1. The van der Waals surface area contributed by atoms with Crippen molar-refractivity contribution in [1.29, 1.82) is 0 Å². The van der Waals surface area contributed by atoms with E-state index in [4.69, 9.17) is 5.11 Å². The van der Waals surface area contributed by atoms with Crippen LogP contribution in [-0.4, -0.2) is 16.1 Å². The van der Waals surface area contributed by atoms with Crippen LogP contribution in [0.3, 0.4) is 0 Å². The van der Waals surface area contributed by atoms with Gasteiger partial charge in [-0.3, -0.25) is 4.98 Å². The summed E-state index contributed by atoms with van der Waals surface area (Å²) in [7, 11) is 0. The van der Waals surface area contributed by atoms with Crippen LogP contribution >= 0.6 is 22.6 Å². The number of hydrogen-bond acceptors (Lipinski definition) is 2. The van der Waals surface area contributed by atoms with Crippen LogP contribution < -0.4 is 0 Å². The van der Waals surface area contributed by atoms with Crippen LogP contribution in [0.2, 0.25) is 0 Å². The molecule has 1 heterocycles. The van der Waals surface area contributed by atoms with Gasteiger partial charge in [0.15, 0.2) is 0 Å². The number of carboxylic acids is 1. The Hall–Kier alpha value is -0.790. The van der Waals surface area contributed by atoms with Gasteiger partial charge < -0.3 is 5.11 Å². The fourth-order valence-electron chi connectivity index (χ4n) is 0.777. The number of alkyl halides is 2. The van der Waals surface area contributed by atoms with Gasteiger partial charge >= 0.3 is 5.97 Å². The molecule has 0 aliphatic heterocycles. The minimum atomic E-state index is -2.74. The Kier molecular flexibility index (Phi) is 3.12. The Morgan fingerprint density at radius 2 is 2.23 bits per heavy atom. The van der Waals surface area contributed by atoms with E-state index in [9.17, 15) is 13.6 Å². The van der Waals surface area contributed by atoms with Crippen molar-refractivity contribution >= 4 is 28.6 Å². The highest BCUT2D eigenvalue weighted by Crippen LogP contribution is 2.24. The molecule has 70 valence electrons. The predicted molar refractivity (Wildman–Crippen MR) is 48.9 cm³/mol. The number of rotatable bonds is 2. The van der Waals surface area contributed by atoms with Gasteiger partial charge in [-0.05, 0) is 28.7 Å². The first kappa shape index (κ1) is 10.3. The van der Waals surface area contributed by atoms with Gasteiger partial charge in [-0.1, -0.05) is 0 Å². The molecule has 0 atom stereocenters. The van der Waals surface area contributed by atoms with Crippen molar-refractivity contribution in [1.82, 2.24) is 4.98 Å². The zero-order chi connectivity index (χ0) is 10.0. The summed E-state index contributed by atoms with van der Waals surface area (Å²) >= 11 is 1.55. The molecule has 0 radical (unpaired) electrons. The summed E-state index contributed by atoms with van der Waals surface area (Å²) in [6, 6.07) is 1.19. The van der Waals surface area contributed by atoms with Crippen LogP contribution in [0.5, 0.6) is 0 Å². The molecule has 6 heteroatoms. The van der Waals surface area contributed by atoms with E-state index in [0.29, 0.717) is 0 Å². The van der Waals surface area contributed by atoms with E-state index in [0.717, 1.165) is 6.20 Å². The van der Waals surface area contributed by atoms with Crippen molar-refractivity contribution in [3.05, 3.63) is 27.1 Å². The van der Waals surface area contributed by atoms with Crippen molar-refractivity contribution in [2.75, 3.05) is 0 Å². The average molecular weight is 299 g/mol. The minimum absolute atomic E-state index is 0.0115. The summed E-state index contributed by atoms with van der Waals surface area (Å²) in [5.41, 5.74) is -0.633. The zero-order valence-electron chi connectivity index (χ0n) is 6.17. The van der Waals surface area contributed by atoms with E-state index in [1.165, 1.54) is 6.07 Å². The molecular weight excluding hydrogens is 295 g/mol. The smallest absolute Gasteiger partial charge is 0.336 e. The molecule has 1 rings (SSSR count). The Morgan fingerprint density at radius 3 is 2.69 bits per heavy atom. The number of pyridine rings is 1. The van der Waals surface area contributed by atoms with Gasteiger partial charge in [0.1, 0.15) is 5.69 Å². The van der Waals surface area contributed by atoms with Gasteiger partial charge in [0.2, 0.25) is 0 Å². The van der Waals surface area contributed by atoms with Crippen LogP contribution in [0, 0.1) is 3.57 Å². The number of aromatic nitrogens is 1. The number of aromatic carboxylic acids is 1. The van der Waals surface area contributed by atoms with Gasteiger partial charge in [-0.25, -0.2) is 13.6 Å². The lowest BCUT2D eigenvalue weighted by Gasteiger charge is -2.03. The molecule has 1 aromatic rings. The second kappa shape index (κ2) is 3.95. The van der Waals surface area contributed by atoms with E-state index in [1.54, 1.807) is 22.6 Å². The lowest BCUT2D eigenvalue weighted by Crippen LogP contribution is -2.04. The first-order chi connectivity index (χ1) is 6.04. The monoisotopic (exact) mass is 299 g/mol. The first-order valence-electron chi connectivity index (χ1n) is 3.20. The molecular formula is C7H4F2INO2. The molecule has 0 amide bonds. The molecule has 0 saturated heterocycles. The number of carbonyl (C=O) groups is 1. The summed E-state index contributed by atoms with van der Waals surface area (Å²) in [4.78, 5) is 13.9. The molecule has 0 aliphatic carbocycles. The summed E-state index contributed by atoms with van der Waals surface area (Å²) in [6.45, 7) is 0. The number of halogens is 3. The van der Waals surface area contributed by atoms with Crippen LogP contribution in [0.1, 0.15) is 22.5 Å². The standard InChI is InChI=1S/C7H4F2INO2/c8-6(9)5-4(10)3(7(12)13)1-2-11-5/h1-2,6H,(H,12,13). The molecule has 1 N–H and O–H groups in total. The molecule has 0 aliphatic rings. The maximum atomic E-state index is 12.2. The summed E-state index contributed by atoms with van der Waals surface area (Å²) in [6.07, 6.45) is -1.68. The Morgan fingerprint density at radius 1 is 1.62 bits per heavy atom. The predicted octanol–water partition coefficient (Wildman–Crippen LogP) is 2.32. The molecule has 0 bridgehead atoms. The molecule has 0 aromatic carbocycles. The van der Waals surface area contributed by atoms with Gasteiger partial charge in [0, 0.05) is 6.20 Å². The maximum absolute atomic E-state index is 12.2. The van der Waals surface area contributed by atoms with Gasteiger partial charge in [0.05, 0.1) is 9.13 Å². The lowest BCUT2D eigenvalue weighted by atomic mass is 10.2. The van der Waals surface area contributed by atoms with Crippen molar-refractivity contribution in [2.45, 2.75) is 6.43 Å². The average Bonchev–Trinajstić information content (AvgIpc) is 2.03. The first-order valence-corrected chi connectivity index (χ1v) is 4.27. The Labute approximate surface area is 85.9 Å². The molecule has 0 fully saturated rings. The van der Waals surface area contributed by atoms with Gasteiger partial charge in [-0.2, -0.15) is 0 Å². The normalized spacial score (nSPS) is 10.5. The summed E-state index contributed by atoms with van der Waals surface area (Å²) in [5, 5.41) is 8.59. The van der Waals surface area contributed by atoms with Crippen LogP contribution in [0.4, 0.5) is 8.78 Å². The highest BCUT2D eigenvalue weighted by atomic mass is 127. The van der Waals surface area contributed by atoms with Crippen LogP contribution in [0.25, 0.3) is 0 Å². The number of nitrogens with zero attached hydrogens (tertiary/aromatic N) is 1. The Balaban J connectivity index is 3.26. The van der Waals surface area contributed by atoms with E-state index in [-0.39, 0.29) is 9.13 Å². The largest absolute Gasteiger partial charge is 0.478 e. The highest BCUT2D eigenvalue weighted by Gasteiger charge is 2.18. The molecule has 0 saturated carbocycles. The summed E-state index contributed by atoms with van der Waals surface area (Å²) in [5.74, 6) is -1.23. The third-order valence-electron chi connectivity index (χ3n) is 1.35. The van der Waals surface area contributed by atoms with Gasteiger partial charge in [0.25, 0.3) is 6.43 Å². The fourth-order valence-corrected chi connectivity index (χ4v) is 1.56. The molecule has 1 aromatic heterocycles. The van der Waals surface area contributed by atoms with Crippen molar-refractivity contribution in [3.63, 3.8) is 0 Å². The van der Waals surface area contributed by atoms with E-state index in [1.807, 2.05) is 0 Å². The topological polar surface area (TPSA) is 50.2 Å². The molecule has 0 spiro atoms. The lowest BCUT2D eigenvalue weighted by molar-refractivity contribution is 0.0694. The van der Waals surface area contributed by atoms with E-state index >= 15 is 0 Å². The molecule has 0 unspecified atom stereocenters. The third kappa shape index (κ3) is 2.11. The van der Waals surface area contributed by atoms with E-state index in [2.05, 4.69) is 4.98 Å². The minimum Gasteiger partial charge on any atom is -0.478 e. The van der Waals surface area contributed by atoms with Crippen molar-refractivity contribution in [3.8, 4) is 0 Å². The zero-order valence-corrected chi connectivity index (χ0v) is 8.33. The Bertz CT molecular complexity index is 343. The second-order valence-electron chi connectivity index (χ2n) is 2.16. The highest BCUT2D eigenvalue weighted by molar-refractivity contribution is 14.1. The van der Waals surface area contributed by atoms with Crippen LogP contribution in [0.15, 0.2) is 12.3 Å². The fraction of sp³-hybridized carbons (Fsp3) is 0.143. The molecule has 13 heavy (non-hydrogen) atoms. The SMILES string of the molecule is O=C(O)c1ccnc(C(F)F)c1I. The van der Waals surface area contributed by atoms with Crippen molar-refractivity contribution in [2.24, 2.45) is 0 Å². The van der Waals surface area contributed by atoms with Gasteiger partial charge in [-0.15, -0.1) is 0 Å². The quantitative estimate of drug-likeness (QED) is 0.853. The second-order valence-corrected chi connectivity index (χ2v) is 3.24. The third-order valence-corrected chi connectivity index (χ3v) is 2.49. The van der Waals surface area contributed by atoms with Crippen molar-refractivity contribution < 1.29 is 18.7 Å². The molecule has 3 nitrogen and oxygen atoms in total. The maximum Gasteiger partial charge on any atom is 0.336 e.